The second-order valence-electron chi connectivity index (χ2n) is 3.40. The van der Waals surface area contributed by atoms with Gasteiger partial charge in [-0.05, 0) is 18.2 Å². The highest BCUT2D eigenvalue weighted by molar-refractivity contribution is 6.55. The van der Waals surface area contributed by atoms with Crippen LogP contribution in [0.5, 0.6) is 11.5 Å². The minimum atomic E-state index is -0.363. The van der Waals surface area contributed by atoms with Gasteiger partial charge in [-0.3, -0.25) is 0 Å². The van der Waals surface area contributed by atoms with Crippen molar-refractivity contribution < 1.29 is 10.2 Å². The first-order valence-corrected chi connectivity index (χ1v) is 7.17. The molecule has 0 aliphatic rings. The summed E-state index contributed by atoms with van der Waals surface area (Å²) in [5.41, 5.74) is 0. The minimum absolute atomic E-state index is 0.00904. The van der Waals surface area contributed by atoms with E-state index in [9.17, 15) is 5.11 Å². The van der Waals surface area contributed by atoms with Crippen LogP contribution in [-0.2, 0) is 0 Å². The van der Waals surface area contributed by atoms with E-state index in [1.165, 1.54) is 6.07 Å². The van der Waals surface area contributed by atoms with Gasteiger partial charge in [0.15, 0.2) is 5.75 Å². The molecule has 0 aromatic heterocycles. The second kappa shape index (κ2) is 7.69. The van der Waals surface area contributed by atoms with Crippen LogP contribution in [-0.4, -0.2) is 10.2 Å². The average molecular weight is 395 g/mol. The lowest BCUT2D eigenvalue weighted by Gasteiger charge is -2.06. The van der Waals surface area contributed by atoms with Crippen molar-refractivity contribution in [1.82, 2.24) is 0 Å². The summed E-state index contributed by atoms with van der Waals surface area (Å²) in [7, 11) is 0. The molecule has 0 bridgehead atoms. The van der Waals surface area contributed by atoms with Gasteiger partial charge in [0.2, 0.25) is 0 Å². The van der Waals surface area contributed by atoms with Crippen molar-refractivity contribution in [1.29, 1.82) is 0 Å². The zero-order valence-electron chi connectivity index (χ0n) is 9.47. The Kier molecular flexibility index (Phi) is 6.86. The number of halogens is 6. The largest absolute Gasteiger partial charge is 0.508 e. The van der Waals surface area contributed by atoms with Crippen LogP contribution in [0.2, 0.25) is 30.1 Å². The number of aromatic hydroxyl groups is 2. The van der Waals surface area contributed by atoms with E-state index in [4.69, 9.17) is 74.7 Å². The number of phenolic OH excluding ortho intramolecular Hbond substituents is 2. The van der Waals surface area contributed by atoms with Crippen molar-refractivity contribution in [3.63, 3.8) is 0 Å². The van der Waals surface area contributed by atoms with E-state index in [-0.39, 0.29) is 36.6 Å². The van der Waals surface area contributed by atoms with Gasteiger partial charge in [-0.25, -0.2) is 0 Å². The molecule has 0 atom stereocenters. The third-order valence-corrected chi connectivity index (χ3v) is 4.49. The van der Waals surface area contributed by atoms with Gasteiger partial charge in [0.05, 0.1) is 15.1 Å². The van der Waals surface area contributed by atoms with Crippen LogP contribution in [0.3, 0.4) is 0 Å². The predicted octanol–water partition coefficient (Wildman–Crippen LogP) is 6.70. The summed E-state index contributed by atoms with van der Waals surface area (Å²) in [4.78, 5) is 0. The molecule has 0 unspecified atom stereocenters. The van der Waals surface area contributed by atoms with Gasteiger partial charge in [0, 0.05) is 5.02 Å². The van der Waals surface area contributed by atoms with Crippen LogP contribution in [0.4, 0.5) is 0 Å². The molecule has 2 nitrogen and oxygen atoms in total. The molecule has 8 heteroatoms. The predicted molar refractivity (Wildman–Crippen MR) is 86.3 cm³/mol. The third-order valence-electron chi connectivity index (χ3n) is 1.99. The maximum atomic E-state index is 9.20. The zero-order chi connectivity index (χ0) is 15.4. The molecular formula is C12H6Cl6O2. The van der Waals surface area contributed by atoms with E-state index < -0.39 is 0 Å². The Morgan fingerprint density at radius 3 is 1.45 bits per heavy atom. The molecule has 108 valence electrons. The van der Waals surface area contributed by atoms with Gasteiger partial charge in [0.25, 0.3) is 0 Å². The SMILES string of the molecule is Oc1c(Cl)c(Cl)c(Cl)c(Cl)c1Cl.Oc1cccc(Cl)c1. The number of phenols is 2. The molecule has 20 heavy (non-hydrogen) atoms. The molecule has 2 N–H and O–H groups in total. The average Bonchev–Trinajstić information content (AvgIpc) is 2.41. The van der Waals surface area contributed by atoms with Gasteiger partial charge in [-0.1, -0.05) is 75.7 Å². The van der Waals surface area contributed by atoms with Crippen molar-refractivity contribution in [3.05, 3.63) is 54.4 Å². The molecule has 0 radical (unpaired) electrons. The smallest absolute Gasteiger partial charge is 0.155 e. The molecule has 2 aromatic carbocycles. The Morgan fingerprint density at radius 2 is 1.10 bits per heavy atom. The highest BCUT2D eigenvalue weighted by atomic mass is 35.5. The van der Waals surface area contributed by atoms with Gasteiger partial charge in [0.1, 0.15) is 15.8 Å². The van der Waals surface area contributed by atoms with Gasteiger partial charge in [-0.15, -0.1) is 0 Å². The Labute approximate surface area is 145 Å². The standard InChI is InChI=1S/C6HCl5O.C6H5ClO/c7-1-2(8)4(10)6(12)5(11)3(1)9;7-5-2-1-3-6(8)4-5/h12H;1-4,8H. The third kappa shape index (κ3) is 4.39. The van der Waals surface area contributed by atoms with Crippen molar-refractivity contribution in [2.45, 2.75) is 0 Å². The molecule has 0 spiro atoms. The lowest BCUT2D eigenvalue weighted by atomic mass is 10.3. The van der Waals surface area contributed by atoms with Crippen molar-refractivity contribution in [2.75, 3.05) is 0 Å². The number of rotatable bonds is 0. The summed E-state index contributed by atoms with van der Waals surface area (Å²) in [6, 6.07) is 6.46. The van der Waals surface area contributed by atoms with Crippen LogP contribution in [0.25, 0.3) is 0 Å². The lowest BCUT2D eigenvalue weighted by molar-refractivity contribution is 0.475. The van der Waals surface area contributed by atoms with E-state index >= 15 is 0 Å². The summed E-state index contributed by atoms with van der Waals surface area (Å²) in [6.45, 7) is 0. The first-order valence-electron chi connectivity index (χ1n) is 4.90. The van der Waals surface area contributed by atoms with E-state index in [0.717, 1.165) is 0 Å². The summed E-state index contributed by atoms with van der Waals surface area (Å²) >= 11 is 33.4. The Balaban J connectivity index is 0.000000217. The Bertz CT molecular complexity index is 507. The topological polar surface area (TPSA) is 40.5 Å². The maximum absolute atomic E-state index is 9.20. The normalized spacial score (nSPS) is 9.90. The first-order chi connectivity index (χ1) is 9.25. The maximum Gasteiger partial charge on any atom is 0.155 e. The molecule has 2 rings (SSSR count). The van der Waals surface area contributed by atoms with E-state index in [2.05, 4.69) is 0 Å². The highest BCUT2D eigenvalue weighted by Crippen LogP contribution is 2.47. The summed E-state index contributed by atoms with van der Waals surface area (Å²) < 4.78 is 0. The number of benzene rings is 2. The first kappa shape index (κ1) is 17.8. The van der Waals surface area contributed by atoms with Crippen molar-refractivity contribution >= 4 is 69.6 Å². The molecule has 0 heterocycles. The number of hydrogen-bond donors (Lipinski definition) is 2. The van der Waals surface area contributed by atoms with Crippen LogP contribution in [0.1, 0.15) is 0 Å². The molecule has 0 fully saturated rings. The second-order valence-corrected chi connectivity index (χ2v) is 5.72. The Morgan fingerprint density at radius 1 is 0.650 bits per heavy atom. The molecule has 0 saturated heterocycles. The highest BCUT2D eigenvalue weighted by Gasteiger charge is 2.18. The zero-order valence-corrected chi connectivity index (χ0v) is 14.0. The molecule has 0 aliphatic heterocycles. The lowest BCUT2D eigenvalue weighted by Crippen LogP contribution is -1.78. The van der Waals surface area contributed by atoms with Crippen molar-refractivity contribution in [2.24, 2.45) is 0 Å². The van der Waals surface area contributed by atoms with E-state index in [0.29, 0.717) is 5.02 Å². The van der Waals surface area contributed by atoms with E-state index in [1.54, 1.807) is 18.2 Å². The minimum Gasteiger partial charge on any atom is -0.508 e. The van der Waals surface area contributed by atoms with Gasteiger partial charge >= 0.3 is 0 Å². The van der Waals surface area contributed by atoms with Crippen LogP contribution in [0.15, 0.2) is 24.3 Å². The van der Waals surface area contributed by atoms with E-state index in [1.807, 2.05) is 0 Å². The van der Waals surface area contributed by atoms with Gasteiger partial charge in [-0.2, -0.15) is 0 Å². The fourth-order valence-corrected chi connectivity index (χ4v) is 2.38. The monoisotopic (exact) mass is 392 g/mol. The summed E-state index contributed by atoms with van der Waals surface area (Å²) in [5, 5.41) is 18.3. The van der Waals surface area contributed by atoms with Crippen molar-refractivity contribution in [3.8, 4) is 11.5 Å². The fourth-order valence-electron chi connectivity index (χ4n) is 1.07. The molecule has 2 aromatic rings. The Hall–Kier alpha value is -0.220. The summed E-state index contributed by atoms with van der Waals surface area (Å²) in [6.07, 6.45) is 0. The van der Waals surface area contributed by atoms with Crippen LogP contribution < -0.4 is 0 Å². The molecule has 0 aliphatic carbocycles. The number of hydrogen-bond acceptors (Lipinski definition) is 2. The quantitative estimate of drug-likeness (QED) is 0.385. The molecular weight excluding hydrogens is 389 g/mol. The van der Waals surface area contributed by atoms with Crippen LogP contribution in [0, 0.1) is 0 Å². The molecule has 0 amide bonds. The van der Waals surface area contributed by atoms with Gasteiger partial charge < -0.3 is 10.2 Å². The fraction of sp³-hybridized carbons (Fsp3) is 0. The molecule has 0 saturated carbocycles. The van der Waals surface area contributed by atoms with Crippen LogP contribution >= 0.6 is 69.6 Å². The summed E-state index contributed by atoms with van der Waals surface area (Å²) in [5.74, 6) is -0.157.